The molecule has 2 atom stereocenters. The Bertz CT molecular complexity index is 2000. The Morgan fingerprint density at radius 2 is 1.64 bits per heavy atom. The Hall–Kier alpha value is -6.44. The number of hydrogen-bond donors (Lipinski definition) is 3. The summed E-state index contributed by atoms with van der Waals surface area (Å²) in [5.41, 5.74) is 26.1. The van der Waals surface area contributed by atoms with Crippen molar-refractivity contribution in [1.29, 1.82) is 0 Å². The number of ether oxygens (including phenoxy) is 5. The van der Waals surface area contributed by atoms with Crippen LogP contribution in [-0.2, 0) is 29.0 Å². The molecule has 0 fully saturated rings. The number of rotatable bonds is 18. The molecule has 1 aliphatic heterocycles. The van der Waals surface area contributed by atoms with Crippen molar-refractivity contribution in [3.05, 3.63) is 134 Å². The number of amides is 1. The van der Waals surface area contributed by atoms with Crippen LogP contribution < -0.4 is 29.8 Å². The fourth-order valence-electron chi connectivity index (χ4n) is 5.97. The maximum atomic E-state index is 14.8. The summed E-state index contributed by atoms with van der Waals surface area (Å²) in [6.07, 6.45) is -0.603. The number of aliphatic hydroxyl groups is 1. The van der Waals surface area contributed by atoms with Crippen LogP contribution >= 0.6 is 0 Å². The van der Waals surface area contributed by atoms with Gasteiger partial charge in [-0.15, -0.1) is 0 Å². The average molecular weight is 722 g/mol. The van der Waals surface area contributed by atoms with Crippen molar-refractivity contribution < 1.29 is 33.6 Å². The Kier molecular flexibility index (Phi) is 13.0. The summed E-state index contributed by atoms with van der Waals surface area (Å²) in [4.78, 5) is 25.8. The second-order valence-electron chi connectivity index (χ2n) is 11.7. The molecule has 0 radical (unpaired) electrons. The van der Waals surface area contributed by atoms with Crippen LogP contribution in [-0.4, -0.2) is 57.0 Å². The molecule has 0 saturated carbocycles. The van der Waals surface area contributed by atoms with Crippen LogP contribution in [0.4, 0.5) is 5.69 Å². The highest BCUT2D eigenvalue weighted by Crippen LogP contribution is 2.45. The molecule has 4 aromatic carbocycles. The molecule has 274 valence electrons. The zero-order chi connectivity index (χ0) is 37.6. The van der Waals surface area contributed by atoms with Crippen molar-refractivity contribution in [2.75, 3.05) is 34.5 Å². The van der Waals surface area contributed by atoms with Gasteiger partial charge >= 0.3 is 0 Å². The summed E-state index contributed by atoms with van der Waals surface area (Å²) in [7, 11) is 4.54. The van der Waals surface area contributed by atoms with Crippen molar-refractivity contribution in [1.82, 2.24) is 10.9 Å². The minimum atomic E-state index is -1.69. The van der Waals surface area contributed by atoms with Crippen LogP contribution in [0.3, 0.4) is 0 Å². The quantitative estimate of drug-likeness (QED) is 0.0336. The molecule has 0 aliphatic carbocycles. The lowest BCUT2D eigenvalue weighted by molar-refractivity contribution is -0.130. The molecule has 3 N–H and O–H groups in total. The molecule has 1 aliphatic rings. The van der Waals surface area contributed by atoms with E-state index in [0.717, 1.165) is 0 Å². The van der Waals surface area contributed by atoms with Gasteiger partial charge in [0.05, 0.1) is 34.5 Å². The molecule has 0 bridgehead atoms. The maximum Gasteiger partial charge on any atom is 0.266 e. The van der Waals surface area contributed by atoms with Gasteiger partial charge in [-0.1, -0.05) is 58.8 Å². The second kappa shape index (κ2) is 18.2. The van der Waals surface area contributed by atoms with Gasteiger partial charge < -0.3 is 28.8 Å². The first kappa shape index (κ1) is 37.8. The Morgan fingerprint density at radius 1 is 0.943 bits per heavy atom. The fraction of sp³-hybridized carbons (Fsp3) is 0.297. The van der Waals surface area contributed by atoms with Gasteiger partial charge in [-0.3, -0.25) is 10.2 Å². The number of hydrogen-bond acceptors (Lipinski definition) is 11. The van der Waals surface area contributed by atoms with Crippen molar-refractivity contribution in [3.8, 4) is 23.0 Å². The number of carbonyl (C=O) groups is 1. The average Bonchev–Trinajstić information content (AvgIpc) is 3.58. The normalized spacial score (nSPS) is 15.9. The molecule has 4 aromatic rings. The van der Waals surface area contributed by atoms with Crippen molar-refractivity contribution in [3.63, 3.8) is 0 Å². The molecule has 16 nitrogen and oxygen atoms in total. The lowest BCUT2D eigenvalue weighted by Crippen LogP contribution is -2.53. The Balaban J connectivity index is 1.60. The minimum Gasteiger partial charge on any atom is -0.494 e. The molecule has 0 unspecified atom stereocenters. The van der Waals surface area contributed by atoms with Crippen molar-refractivity contribution >= 4 is 17.5 Å². The van der Waals surface area contributed by atoms with E-state index in [1.165, 1.54) is 21.3 Å². The lowest BCUT2D eigenvalue weighted by atomic mass is 9.80. The number of nitrogens with zero attached hydrogens (tertiary/aromatic N) is 7. The van der Waals surface area contributed by atoms with E-state index in [4.69, 9.17) is 39.3 Å². The highest BCUT2D eigenvalue weighted by atomic mass is 16.5. The first-order valence-corrected chi connectivity index (χ1v) is 16.6. The third-order valence-electron chi connectivity index (χ3n) is 8.49. The van der Waals surface area contributed by atoms with E-state index < -0.39 is 17.6 Å². The summed E-state index contributed by atoms with van der Waals surface area (Å²) < 4.78 is 28.8. The van der Waals surface area contributed by atoms with Crippen molar-refractivity contribution in [2.45, 2.75) is 37.6 Å². The van der Waals surface area contributed by atoms with Gasteiger partial charge in [0, 0.05) is 47.1 Å². The number of methoxy groups -OCH3 is 3. The zero-order valence-electron chi connectivity index (χ0n) is 29.4. The second-order valence-corrected chi connectivity index (χ2v) is 11.7. The fourth-order valence-corrected chi connectivity index (χ4v) is 5.97. The van der Waals surface area contributed by atoms with Gasteiger partial charge in [-0.2, -0.15) is 0 Å². The molecule has 53 heavy (non-hydrogen) atoms. The monoisotopic (exact) mass is 721 g/mol. The maximum absolute atomic E-state index is 14.8. The number of aliphatic hydroxyl groups excluding tert-OH is 1. The van der Waals surface area contributed by atoms with E-state index in [9.17, 15) is 10.3 Å². The van der Waals surface area contributed by atoms with Gasteiger partial charge in [0.1, 0.15) is 5.75 Å². The number of azide groups is 2. The molecule has 0 aromatic heterocycles. The molecular weight excluding hydrogens is 682 g/mol. The van der Waals surface area contributed by atoms with Crippen LogP contribution in [0, 0.1) is 0 Å². The van der Waals surface area contributed by atoms with Gasteiger partial charge in [0.2, 0.25) is 11.6 Å². The van der Waals surface area contributed by atoms with E-state index in [-0.39, 0.29) is 32.0 Å². The standard InChI is InChI=1S/C37H39N9O7/c1-49-31-19-24(20-32(50-2)33(31)51-3)22-40-44-36(48)37(21-26-9-5-7-12-30(26)43-46-39)34(29-11-6-4-10-27(29)23-41-45-38)53-35(42-37)25-13-15-28(16-14-25)52-18-8-17-47/h4-7,9-16,19-20,34,40,47H,8,17-18,21-23H2,1-3H3,(H,44,48)/t34-,37-/m0/s1. The van der Waals surface area contributed by atoms with E-state index in [1.54, 1.807) is 84.9 Å². The largest absolute Gasteiger partial charge is 0.494 e. The zero-order valence-corrected chi connectivity index (χ0v) is 29.4. The van der Waals surface area contributed by atoms with Crippen LogP contribution in [0.2, 0.25) is 0 Å². The predicted octanol–water partition coefficient (Wildman–Crippen LogP) is 6.55. The molecule has 0 saturated heterocycles. The first-order chi connectivity index (χ1) is 25.9. The molecule has 5 rings (SSSR count). The molecular formula is C37H39N9O7. The SMILES string of the molecule is COc1cc(CNNC(=O)[C@@]2(Cc3ccccc3N=[N+]=[N-])N=C(c3ccc(OCCCO)cc3)O[C@H]2c2ccccc2CN=[N+]=[N-])cc(OC)c1OC. The van der Waals surface area contributed by atoms with E-state index >= 15 is 0 Å². The number of nitrogens with one attached hydrogen (secondary N) is 2. The number of benzene rings is 4. The van der Waals surface area contributed by atoms with Crippen LogP contribution in [0.25, 0.3) is 20.9 Å². The summed E-state index contributed by atoms with van der Waals surface area (Å²) in [6, 6.07) is 24.7. The summed E-state index contributed by atoms with van der Waals surface area (Å²) in [5, 5.41) is 16.8. The van der Waals surface area contributed by atoms with Gasteiger partial charge in [-0.05, 0) is 69.7 Å². The molecule has 1 heterocycles. The molecule has 16 heteroatoms. The Labute approximate surface area is 305 Å². The third-order valence-corrected chi connectivity index (χ3v) is 8.49. The van der Waals surface area contributed by atoms with Gasteiger partial charge in [-0.25, -0.2) is 10.4 Å². The Morgan fingerprint density at radius 3 is 2.30 bits per heavy atom. The van der Waals surface area contributed by atoms with Crippen LogP contribution in [0.1, 0.15) is 40.3 Å². The van der Waals surface area contributed by atoms with Gasteiger partial charge in [0.25, 0.3) is 5.91 Å². The van der Waals surface area contributed by atoms with Gasteiger partial charge in [0.15, 0.2) is 23.1 Å². The minimum absolute atomic E-state index is 0.00581. The van der Waals surface area contributed by atoms with E-state index in [1.807, 2.05) is 0 Å². The highest BCUT2D eigenvalue weighted by molar-refractivity contribution is 6.01. The van der Waals surface area contributed by atoms with E-state index in [0.29, 0.717) is 69.5 Å². The van der Waals surface area contributed by atoms with E-state index in [2.05, 4.69) is 30.9 Å². The molecule has 1 amide bonds. The summed E-state index contributed by atoms with van der Waals surface area (Å²) in [6.45, 7) is 0.499. The van der Waals surface area contributed by atoms with Crippen molar-refractivity contribution in [2.24, 2.45) is 15.2 Å². The predicted molar refractivity (Wildman–Crippen MR) is 196 cm³/mol. The topological polar surface area (TPSA) is 217 Å². The highest BCUT2D eigenvalue weighted by Gasteiger charge is 2.54. The lowest BCUT2D eigenvalue weighted by Gasteiger charge is -2.32. The third kappa shape index (κ3) is 8.72. The molecule has 0 spiro atoms. The van der Waals surface area contributed by atoms with Crippen LogP contribution in [0.5, 0.6) is 23.0 Å². The smallest absolute Gasteiger partial charge is 0.266 e. The number of aliphatic imine (C=N–C) groups is 1. The first-order valence-electron chi connectivity index (χ1n) is 16.6. The number of carbonyl (C=O) groups excluding carboxylic acids is 1. The number of hydrazine groups is 1. The summed E-state index contributed by atoms with van der Waals surface area (Å²) >= 11 is 0. The van der Waals surface area contributed by atoms with Crippen LogP contribution in [0.15, 0.2) is 100 Å². The summed E-state index contributed by atoms with van der Waals surface area (Å²) in [5.74, 6) is 1.53.